The molecule has 2 heterocycles. The first-order valence-corrected chi connectivity index (χ1v) is 9.72. The van der Waals surface area contributed by atoms with E-state index in [1.807, 2.05) is 48.2 Å². The van der Waals surface area contributed by atoms with Crippen molar-refractivity contribution in [2.75, 3.05) is 18.4 Å². The second kappa shape index (κ2) is 7.50. The first-order chi connectivity index (χ1) is 13.5. The normalized spacial score (nSPS) is 15.0. The highest BCUT2D eigenvalue weighted by molar-refractivity contribution is 6.14. The number of hydrogen-bond donors (Lipinski definition) is 1. The van der Waals surface area contributed by atoms with Gasteiger partial charge in [-0.2, -0.15) is 0 Å². The van der Waals surface area contributed by atoms with E-state index >= 15 is 0 Å². The van der Waals surface area contributed by atoms with Crippen LogP contribution in [0.2, 0.25) is 0 Å². The zero-order chi connectivity index (χ0) is 19.7. The van der Waals surface area contributed by atoms with Gasteiger partial charge in [0.25, 0.3) is 11.8 Å². The fourth-order valence-electron chi connectivity index (χ4n) is 3.57. The van der Waals surface area contributed by atoms with Crippen LogP contribution in [-0.2, 0) is 0 Å². The number of anilines is 1. The molecule has 0 saturated carbocycles. The molecule has 4 rings (SSSR count). The molecule has 0 aliphatic carbocycles. The van der Waals surface area contributed by atoms with Crippen molar-refractivity contribution in [2.45, 2.75) is 26.7 Å². The van der Waals surface area contributed by atoms with Gasteiger partial charge in [-0.3, -0.25) is 9.59 Å². The molecule has 1 fully saturated rings. The van der Waals surface area contributed by atoms with Crippen molar-refractivity contribution in [3.8, 4) is 0 Å². The number of furan rings is 1. The van der Waals surface area contributed by atoms with Crippen LogP contribution in [0.3, 0.4) is 0 Å². The van der Waals surface area contributed by atoms with Gasteiger partial charge in [0.05, 0.1) is 0 Å². The molecule has 1 aromatic heterocycles. The molecule has 5 heteroatoms. The Hall–Kier alpha value is -3.08. The summed E-state index contributed by atoms with van der Waals surface area (Å²) in [5.74, 6) is 0.409. The summed E-state index contributed by atoms with van der Waals surface area (Å²) in [7, 11) is 0. The Labute approximate surface area is 164 Å². The monoisotopic (exact) mass is 376 g/mol. The third kappa shape index (κ3) is 3.52. The second-order valence-corrected chi connectivity index (χ2v) is 7.60. The molecule has 1 aliphatic heterocycles. The van der Waals surface area contributed by atoms with Gasteiger partial charge < -0.3 is 14.6 Å². The van der Waals surface area contributed by atoms with Crippen molar-refractivity contribution < 1.29 is 14.0 Å². The number of fused-ring (bicyclic) bond motifs is 1. The van der Waals surface area contributed by atoms with E-state index in [4.69, 9.17) is 4.42 Å². The summed E-state index contributed by atoms with van der Waals surface area (Å²) in [6.45, 7) is 5.60. The van der Waals surface area contributed by atoms with E-state index in [9.17, 15) is 9.59 Å². The van der Waals surface area contributed by atoms with E-state index < -0.39 is 0 Å². The van der Waals surface area contributed by atoms with E-state index in [2.05, 4.69) is 12.2 Å². The second-order valence-electron chi connectivity index (χ2n) is 7.60. The maximum atomic E-state index is 13.1. The molecule has 144 valence electrons. The molecule has 0 atom stereocenters. The number of carbonyl (C=O) groups is 2. The smallest absolute Gasteiger partial charge is 0.291 e. The summed E-state index contributed by atoms with van der Waals surface area (Å²) in [4.78, 5) is 27.7. The van der Waals surface area contributed by atoms with Crippen LogP contribution in [-0.4, -0.2) is 29.8 Å². The number of piperidine rings is 1. The minimum Gasteiger partial charge on any atom is -0.449 e. The molecule has 0 bridgehead atoms. The minimum atomic E-state index is -0.257. The number of nitrogens with zero attached hydrogens (tertiary/aromatic N) is 1. The molecule has 2 amide bonds. The minimum absolute atomic E-state index is 0.165. The highest BCUT2D eigenvalue weighted by Crippen LogP contribution is 2.33. The van der Waals surface area contributed by atoms with Crippen molar-refractivity contribution in [2.24, 2.45) is 5.92 Å². The molecule has 0 unspecified atom stereocenters. The van der Waals surface area contributed by atoms with E-state index in [1.165, 1.54) is 0 Å². The van der Waals surface area contributed by atoms with Crippen LogP contribution in [0.5, 0.6) is 0 Å². The molecule has 1 saturated heterocycles. The van der Waals surface area contributed by atoms with Crippen LogP contribution in [0.1, 0.15) is 46.2 Å². The van der Waals surface area contributed by atoms with Crippen LogP contribution >= 0.6 is 0 Å². The van der Waals surface area contributed by atoms with Gasteiger partial charge in [0.1, 0.15) is 11.3 Å². The quantitative estimate of drug-likeness (QED) is 0.710. The summed E-state index contributed by atoms with van der Waals surface area (Å²) in [6, 6.07) is 14.7. The Kier molecular flexibility index (Phi) is 4.90. The van der Waals surface area contributed by atoms with Gasteiger partial charge in [0, 0.05) is 24.0 Å². The SMILES string of the molecule is Cc1ccc(C(=O)Nc2c(C(=O)N3CCC(C)CC3)oc3ccccc23)cc1. The first kappa shape index (κ1) is 18.3. The van der Waals surface area contributed by atoms with Crippen molar-refractivity contribution in [1.29, 1.82) is 0 Å². The number of likely N-dealkylation sites (tertiary alicyclic amines) is 1. The van der Waals surface area contributed by atoms with E-state index in [-0.39, 0.29) is 17.6 Å². The maximum Gasteiger partial charge on any atom is 0.291 e. The summed E-state index contributed by atoms with van der Waals surface area (Å²) >= 11 is 0. The molecule has 0 spiro atoms. The van der Waals surface area contributed by atoms with E-state index in [0.717, 1.165) is 23.8 Å². The molecular formula is C23H24N2O3. The van der Waals surface area contributed by atoms with Gasteiger partial charge in [-0.15, -0.1) is 0 Å². The Bertz CT molecular complexity index is 1010. The number of aryl methyl sites for hydroxylation is 1. The Morgan fingerprint density at radius 1 is 1.04 bits per heavy atom. The fourth-order valence-corrected chi connectivity index (χ4v) is 3.57. The number of para-hydroxylation sites is 1. The highest BCUT2D eigenvalue weighted by atomic mass is 16.3. The average Bonchev–Trinajstić information content (AvgIpc) is 3.07. The molecule has 0 radical (unpaired) electrons. The average molecular weight is 376 g/mol. The predicted octanol–water partition coefficient (Wildman–Crippen LogP) is 4.87. The highest BCUT2D eigenvalue weighted by Gasteiger charge is 2.28. The predicted molar refractivity (Wildman–Crippen MR) is 110 cm³/mol. The van der Waals surface area contributed by atoms with Crippen LogP contribution in [0, 0.1) is 12.8 Å². The molecule has 1 N–H and O–H groups in total. The zero-order valence-electron chi connectivity index (χ0n) is 16.2. The van der Waals surface area contributed by atoms with Crippen LogP contribution in [0.4, 0.5) is 5.69 Å². The summed E-state index contributed by atoms with van der Waals surface area (Å²) in [6.07, 6.45) is 1.97. The number of amides is 2. The summed E-state index contributed by atoms with van der Waals surface area (Å²) in [5, 5.41) is 3.65. The third-order valence-corrected chi connectivity index (χ3v) is 5.41. The third-order valence-electron chi connectivity index (χ3n) is 5.41. The number of benzene rings is 2. The zero-order valence-corrected chi connectivity index (χ0v) is 16.2. The molecule has 2 aromatic carbocycles. The van der Waals surface area contributed by atoms with Gasteiger partial charge in [-0.25, -0.2) is 0 Å². The summed E-state index contributed by atoms with van der Waals surface area (Å²) in [5.41, 5.74) is 2.67. The van der Waals surface area contributed by atoms with Gasteiger partial charge in [-0.1, -0.05) is 36.8 Å². The lowest BCUT2D eigenvalue weighted by Gasteiger charge is -2.29. The van der Waals surface area contributed by atoms with Crippen molar-refractivity contribution in [3.63, 3.8) is 0 Å². The van der Waals surface area contributed by atoms with Crippen LogP contribution < -0.4 is 5.32 Å². The summed E-state index contributed by atoms with van der Waals surface area (Å²) < 4.78 is 5.89. The lowest BCUT2D eigenvalue weighted by atomic mass is 9.99. The topological polar surface area (TPSA) is 62.6 Å². The Morgan fingerprint density at radius 2 is 1.71 bits per heavy atom. The van der Waals surface area contributed by atoms with E-state index in [0.29, 0.717) is 35.8 Å². The maximum absolute atomic E-state index is 13.1. The standard InChI is InChI=1S/C23H24N2O3/c1-15-7-9-17(10-8-15)22(26)24-20-18-5-3-4-6-19(18)28-21(20)23(27)25-13-11-16(2)12-14-25/h3-10,16H,11-14H2,1-2H3,(H,24,26). The number of carbonyl (C=O) groups excluding carboxylic acids is 2. The molecular weight excluding hydrogens is 352 g/mol. The Morgan fingerprint density at radius 3 is 2.43 bits per heavy atom. The lowest BCUT2D eigenvalue weighted by molar-refractivity contribution is 0.0669. The van der Waals surface area contributed by atoms with Gasteiger partial charge >= 0.3 is 0 Å². The Balaban J connectivity index is 1.68. The number of nitrogens with one attached hydrogen (secondary N) is 1. The van der Waals surface area contributed by atoms with Crippen molar-refractivity contribution >= 4 is 28.5 Å². The molecule has 1 aliphatic rings. The van der Waals surface area contributed by atoms with Gasteiger partial charge in [-0.05, 0) is 49.9 Å². The molecule has 28 heavy (non-hydrogen) atoms. The van der Waals surface area contributed by atoms with Crippen LogP contribution in [0.15, 0.2) is 52.9 Å². The van der Waals surface area contributed by atoms with Gasteiger partial charge in [0.2, 0.25) is 5.76 Å². The van der Waals surface area contributed by atoms with Crippen LogP contribution in [0.25, 0.3) is 11.0 Å². The van der Waals surface area contributed by atoms with Crippen molar-refractivity contribution in [1.82, 2.24) is 4.90 Å². The number of rotatable bonds is 3. The van der Waals surface area contributed by atoms with Gasteiger partial charge in [0.15, 0.2) is 0 Å². The first-order valence-electron chi connectivity index (χ1n) is 9.72. The largest absolute Gasteiger partial charge is 0.449 e. The number of hydrogen-bond acceptors (Lipinski definition) is 3. The molecule has 3 aromatic rings. The van der Waals surface area contributed by atoms with E-state index in [1.54, 1.807) is 12.1 Å². The lowest BCUT2D eigenvalue weighted by Crippen LogP contribution is -2.38. The fraction of sp³-hybridized carbons (Fsp3) is 0.304. The molecule has 5 nitrogen and oxygen atoms in total. The van der Waals surface area contributed by atoms with Crippen molar-refractivity contribution in [3.05, 3.63) is 65.4 Å².